The summed E-state index contributed by atoms with van der Waals surface area (Å²) in [6.45, 7) is 4.91. The third kappa shape index (κ3) is 5.01. The monoisotopic (exact) mass is 384 g/mol. The SMILES string of the molecule is COCC(C)OC1=NCc2cc(CC(=O)C[C@H](C)c3ccc(F)cc3)ncc21. The van der Waals surface area contributed by atoms with E-state index in [2.05, 4.69) is 9.98 Å². The predicted octanol–water partition coefficient (Wildman–Crippen LogP) is 3.84. The summed E-state index contributed by atoms with van der Waals surface area (Å²) in [6.07, 6.45) is 2.30. The average Bonchev–Trinajstić information content (AvgIpc) is 3.04. The second kappa shape index (κ2) is 9.06. The summed E-state index contributed by atoms with van der Waals surface area (Å²) in [5.74, 6) is 0.447. The molecular weight excluding hydrogens is 359 g/mol. The third-order valence-corrected chi connectivity index (χ3v) is 4.74. The number of benzene rings is 1. The number of ether oxygens (including phenoxy) is 2. The van der Waals surface area contributed by atoms with Gasteiger partial charge in [0, 0.05) is 31.8 Å². The number of methoxy groups -OCH3 is 1. The number of hydrogen-bond acceptors (Lipinski definition) is 5. The van der Waals surface area contributed by atoms with Gasteiger partial charge in [0.2, 0.25) is 5.90 Å². The van der Waals surface area contributed by atoms with Gasteiger partial charge in [-0.3, -0.25) is 9.78 Å². The lowest BCUT2D eigenvalue weighted by molar-refractivity contribution is -0.118. The molecule has 28 heavy (non-hydrogen) atoms. The van der Waals surface area contributed by atoms with E-state index < -0.39 is 0 Å². The van der Waals surface area contributed by atoms with Gasteiger partial charge in [-0.15, -0.1) is 0 Å². The average molecular weight is 384 g/mol. The van der Waals surface area contributed by atoms with E-state index in [0.29, 0.717) is 25.5 Å². The van der Waals surface area contributed by atoms with E-state index in [1.807, 2.05) is 19.9 Å². The van der Waals surface area contributed by atoms with E-state index in [9.17, 15) is 9.18 Å². The van der Waals surface area contributed by atoms with Crippen molar-refractivity contribution in [2.75, 3.05) is 13.7 Å². The largest absolute Gasteiger partial charge is 0.472 e. The smallest absolute Gasteiger partial charge is 0.218 e. The Balaban J connectivity index is 1.58. The molecule has 0 saturated heterocycles. The van der Waals surface area contributed by atoms with Crippen molar-refractivity contribution in [3.05, 3.63) is 64.7 Å². The van der Waals surface area contributed by atoms with Crippen LogP contribution in [0.3, 0.4) is 0 Å². The van der Waals surface area contributed by atoms with Gasteiger partial charge in [-0.05, 0) is 42.2 Å². The Labute approximate surface area is 164 Å². The molecule has 1 aliphatic rings. The number of rotatable bonds is 8. The molecule has 1 aliphatic heterocycles. The van der Waals surface area contributed by atoms with E-state index in [0.717, 1.165) is 22.4 Å². The molecule has 1 unspecified atom stereocenters. The fourth-order valence-electron chi connectivity index (χ4n) is 3.29. The molecule has 148 valence electrons. The predicted molar refractivity (Wildman–Crippen MR) is 105 cm³/mol. The molecule has 0 spiro atoms. The first-order valence-corrected chi connectivity index (χ1v) is 9.41. The molecule has 5 nitrogen and oxygen atoms in total. The van der Waals surface area contributed by atoms with Crippen molar-refractivity contribution >= 4 is 11.7 Å². The minimum absolute atomic E-state index is 0.0353. The normalized spacial score (nSPS) is 14.9. The summed E-state index contributed by atoms with van der Waals surface area (Å²) in [6, 6.07) is 8.22. The second-order valence-electron chi connectivity index (χ2n) is 7.21. The second-order valence-corrected chi connectivity index (χ2v) is 7.21. The molecule has 0 saturated carbocycles. The van der Waals surface area contributed by atoms with Crippen LogP contribution in [0.15, 0.2) is 41.5 Å². The van der Waals surface area contributed by atoms with Crippen LogP contribution >= 0.6 is 0 Å². The minimum Gasteiger partial charge on any atom is -0.472 e. The first-order valence-electron chi connectivity index (χ1n) is 9.41. The van der Waals surface area contributed by atoms with Crippen molar-refractivity contribution in [1.82, 2.24) is 4.98 Å². The maximum atomic E-state index is 13.0. The number of carbonyl (C=O) groups is 1. The van der Waals surface area contributed by atoms with Crippen molar-refractivity contribution in [3.8, 4) is 0 Å². The first kappa shape index (κ1) is 20.1. The van der Waals surface area contributed by atoms with Gasteiger partial charge in [-0.2, -0.15) is 0 Å². The number of pyridine rings is 1. The minimum atomic E-state index is -0.271. The molecule has 0 fully saturated rings. The van der Waals surface area contributed by atoms with E-state index in [-0.39, 0.29) is 30.0 Å². The number of aromatic nitrogens is 1. The van der Waals surface area contributed by atoms with Crippen molar-refractivity contribution in [2.24, 2.45) is 4.99 Å². The number of fused-ring (bicyclic) bond motifs is 1. The summed E-state index contributed by atoms with van der Waals surface area (Å²) in [4.78, 5) is 21.3. The van der Waals surface area contributed by atoms with Crippen LogP contribution in [-0.4, -0.2) is 36.5 Å². The lowest BCUT2D eigenvalue weighted by Gasteiger charge is -2.14. The summed E-state index contributed by atoms with van der Waals surface area (Å²) in [7, 11) is 1.63. The highest BCUT2D eigenvalue weighted by molar-refractivity contribution is 5.97. The van der Waals surface area contributed by atoms with E-state index in [1.54, 1.807) is 25.4 Å². The molecular formula is C22H25FN2O3. The lowest BCUT2D eigenvalue weighted by atomic mass is 9.94. The number of ketones is 1. The van der Waals surface area contributed by atoms with E-state index in [4.69, 9.17) is 9.47 Å². The van der Waals surface area contributed by atoms with Crippen LogP contribution in [0.5, 0.6) is 0 Å². The zero-order valence-corrected chi connectivity index (χ0v) is 16.4. The standard InChI is InChI=1S/C22H25FN2O3/c1-14(16-4-6-18(23)7-5-16)8-20(26)10-19-9-17-11-25-22(21(17)12-24-19)28-15(2)13-27-3/h4-7,9,12,14-15H,8,10-11,13H2,1-3H3/t14-,15?/m0/s1. The highest BCUT2D eigenvalue weighted by Gasteiger charge is 2.21. The summed E-state index contributed by atoms with van der Waals surface area (Å²) < 4.78 is 23.9. The van der Waals surface area contributed by atoms with E-state index >= 15 is 0 Å². The Kier molecular flexibility index (Phi) is 6.52. The maximum Gasteiger partial charge on any atom is 0.218 e. The number of hydrogen-bond donors (Lipinski definition) is 0. The molecule has 0 radical (unpaired) electrons. The molecule has 6 heteroatoms. The van der Waals surface area contributed by atoms with Crippen LogP contribution < -0.4 is 0 Å². The number of nitrogens with zero attached hydrogens (tertiary/aromatic N) is 2. The summed E-state index contributed by atoms with van der Waals surface area (Å²) in [5.41, 5.74) is 3.58. The quantitative estimate of drug-likeness (QED) is 0.694. The topological polar surface area (TPSA) is 60.8 Å². The molecule has 0 bridgehead atoms. The van der Waals surface area contributed by atoms with Gasteiger partial charge in [0.05, 0.1) is 18.7 Å². The molecule has 2 atom stereocenters. The van der Waals surface area contributed by atoms with Crippen LogP contribution in [0.1, 0.15) is 48.6 Å². The Hall–Kier alpha value is -2.60. The molecule has 3 rings (SSSR count). The van der Waals surface area contributed by atoms with Crippen LogP contribution in [0.2, 0.25) is 0 Å². The number of aliphatic imine (C=N–C) groups is 1. The van der Waals surface area contributed by atoms with Crippen LogP contribution in [-0.2, 0) is 27.2 Å². The molecule has 1 aromatic heterocycles. The number of carbonyl (C=O) groups excluding carboxylic acids is 1. The van der Waals surface area contributed by atoms with Gasteiger partial charge in [0.25, 0.3) is 0 Å². The molecule has 0 amide bonds. The zero-order valence-electron chi connectivity index (χ0n) is 16.4. The van der Waals surface area contributed by atoms with Gasteiger partial charge in [-0.1, -0.05) is 19.1 Å². The maximum absolute atomic E-state index is 13.0. The molecule has 0 aliphatic carbocycles. The summed E-state index contributed by atoms with van der Waals surface area (Å²) in [5, 5.41) is 0. The highest BCUT2D eigenvalue weighted by Crippen LogP contribution is 2.23. The van der Waals surface area contributed by atoms with E-state index in [1.165, 1.54) is 12.1 Å². The van der Waals surface area contributed by atoms with Gasteiger partial charge in [0.15, 0.2) is 0 Å². The Bertz CT molecular complexity index is 865. The Morgan fingerprint density at radius 1 is 1.25 bits per heavy atom. The summed E-state index contributed by atoms with van der Waals surface area (Å²) >= 11 is 0. The van der Waals surface area contributed by atoms with Gasteiger partial charge >= 0.3 is 0 Å². The number of halogens is 1. The third-order valence-electron chi connectivity index (χ3n) is 4.74. The van der Waals surface area contributed by atoms with Crippen LogP contribution in [0, 0.1) is 5.82 Å². The van der Waals surface area contributed by atoms with Crippen molar-refractivity contribution in [2.45, 2.75) is 45.3 Å². The lowest BCUT2D eigenvalue weighted by Crippen LogP contribution is -2.19. The van der Waals surface area contributed by atoms with Gasteiger partial charge in [0.1, 0.15) is 17.7 Å². The van der Waals surface area contributed by atoms with Gasteiger partial charge in [-0.25, -0.2) is 9.38 Å². The highest BCUT2D eigenvalue weighted by atomic mass is 19.1. The molecule has 2 heterocycles. The van der Waals surface area contributed by atoms with Crippen molar-refractivity contribution in [1.29, 1.82) is 0 Å². The van der Waals surface area contributed by atoms with Crippen LogP contribution in [0.4, 0.5) is 4.39 Å². The fraction of sp³-hybridized carbons (Fsp3) is 0.409. The Morgan fingerprint density at radius 3 is 2.71 bits per heavy atom. The molecule has 1 aromatic carbocycles. The van der Waals surface area contributed by atoms with Crippen molar-refractivity contribution in [3.63, 3.8) is 0 Å². The Morgan fingerprint density at radius 2 is 2.00 bits per heavy atom. The first-order chi connectivity index (χ1) is 13.5. The van der Waals surface area contributed by atoms with Crippen molar-refractivity contribution < 1.29 is 18.7 Å². The molecule has 2 aromatic rings. The fourth-order valence-corrected chi connectivity index (χ4v) is 3.29. The molecule has 0 N–H and O–H groups in total. The van der Waals surface area contributed by atoms with Crippen LogP contribution in [0.25, 0.3) is 0 Å². The zero-order chi connectivity index (χ0) is 20.1. The van der Waals surface area contributed by atoms with Gasteiger partial charge < -0.3 is 9.47 Å². The number of Topliss-reactive ketones (excluding diaryl/α,β-unsaturated/α-hetero) is 1.